The first-order valence-electron chi connectivity index (χ1n) is 11.2. The number of nitro benzene ring substituents is 1. The van der Waals surface area contributed by atoms with Crippen molar-refractivity contribution in [2.24, 2.45) is 0 Å². The summed E-state index contributed by atoms with van der Waals surface area (Å²) in [4.78, 5) is 25.8. The van der Waals surface area contributed by atoms with E-state index in [1.165, 1.54) is 23.8 Å². The van der Waals surface area contributed by atoms with Crippen LogP contribution in [0.2, 0.25) is 0 Å². The average molecular weight is 457 g/mol. The minimum absolute atomic E-state index is 0.130. The molecule has 0 unspecified atom stereocenters. The third-order valence-electron chi connectivity index (χ3n) is 5.96. The van der Waals surface area contributed by atoms with E-state index in [2.05, 4.69) is 33.7 Å². The average Bonchev–Trinajstić information content (AvgIpc) is 3.28. The van der Waals surface area contributed by atoms with E-state index < -0.39 is 10.8 Å². The Kier molecular flexibility index (Phi) is 6.07. The summed E-state index contributed by atoms with van der Waals surface area (Å²) in [7, 11) is 0. The van der Waals surface area contributed by atoms with Gasteiger partial charge in [0.25, 0.3) is 11.6 Å². The summed E-state index contributed by atoms with van der Waals surface area (Å²) in [5, 5.41) is 18.3. The summed E-state index contributed by atoms with van der Waals surface area (Å²) in [5.41, 5.74) is 3.38. The molecule has 172 valence electrons. The highest BCUT2D eigenvalue weighted by molar-refractivity contribution is 6.06. The van der Waals surface area contributed by atoms with Gasteiger partial charge in [-0.1, -0.05) is 30.3 Å². The van der Waals surface area contributed by atoms with E-state index in [1.54, 1.807) is 12.1 Å². The van der Waals surface area contributed by atoms with Gasteiger partial charge in [0.1, 0.15) is 11.3 Å². The van der Waals surface area contributed by atoms with Crippen molar-refractivity contribution in [2.75, 3.05) is 31.5 Å². The molecule has 2 N–H and O–H groups in total. The van der Waals surface area contributed by atoms with E-state index in [4.69, 9.17) is 4.42 Å². The fraction of sp³-hybridized carbons (Fsp3) is 0.192. The van der Waals surface area contributed by atoms with E-state index in [9.17, 15) is 14.9 Å². The molecule has 0 spiro atoms. The fourth-order valence-corrected chi connectivity index (χ4v) is 4.20. The van der Waals surface area contributed by atoms with Gasteiger partial charge < -0.3 is 15.1 Å². The lowest BCUT2D eigenvalue weighted by Gasteiger charge is -2.27. The van der Waals surface area contributed by atoms with Crippen LogP contribution < -0.4 is 10.6 Å². The lowest BCUT2D eigenvalue weighted by molar-refractivity contribution is -0.384. The molecule has 1 saturated heterocycles. The largest absolute Gasteiger partial charge is 0.456 e. The number of piperazine rings is 1. The Balaban J connectivity index is 1.40. The van der Waals surface area contributed by atoms with Crippen LogP contribution in [0.5, 0.6) is 0 Å². The molecule has 8 nitrogen and oxygen atoms in total. The van der Waals surface area contributed by atoms with Gasteiger partial charge in [-0.2, -0.15) is 0 Å². The Morgan fingerprint density at radius 3 is 2.68 bits per heavy atom. The van der Waals surface area contributed by atoms with E-state index >= 15 is 0 Å². The Labute approximate surface area is 196 Å². The molecule has 3 aromatic carbocycles. The molecular weight excluding hydrogens is 432 g/mol. The fourth-order valence-electron chi connectivity index (χ4n) is 4.20. The van der Waals surface area contributed by atoms with Crippen molar-refractivity contribution in [1.82, 2.24) is 10.2 Å². The predicted octanol–water partition coefficient (Wildman–Crippen LogP) is 4.67. The number of fused-ring (bicyclic) bond motifs is 1. The molecule has 0 atom stereocenters. The second kappa shape index (κ2) is 9.46. The summed E-state index contributed by atoms with van der Waals surface area (Å²) < 4.78 is 6.19. The monoisotopic (exact) mass is 456 g/mol. The van der Waals surface area contributed by atoms with Crippen molar-refractivity contribution < 1.29 is 14.1 Å². The number of non-ortho nitro benzene ring substituents is 1. The van der Waals surface area contributed by atoms with Crippen LogP contribution in [-0.4, -0.2) is 41.9 Å². The van der Waals surface area contributed by atoms with Crippen LogP contribution in [-0.2, 0) is 6.54 Å². The predicted molar refractivity (Wildman–Crippen MR) is 131 cm³/mol. The van der Waals surface area contributed by atoms with Gasteiger partial charge in [0.05, 0.1) is 10.6 Å². The second-order valence-electron chi connectivity index (χ2n) is 8.32. The summed E-state index contributed by atoms with van der Waals surface area (Å²) in [6, 6.07) is 21.2. The number of carbonyl (C=O) groups is 1. The molecule has 1 aliphatic rings. The van der Waals surface area contributed by atoms with Crippen LogP contribution in [0, 0.1) is 10.1 Å². The SMILES string of the molecule is O=C(Nc1ccccc1-c1cc2ccc(CN3CCNCC3)cc2o1)c1cccc([N+](=O)[O-])c1. The van der Waals surface area contributed by atoms with Gasteiger partial charge in [-0.3, -0.25) is 19.8 Å². The maximum Gasteiger partial charge on any atom is 0.270 e. The number of nitrogens with one attached hydrogen (secondary N) is 2. The zero-order valence-electron chi connectivity index (χ0n) is 18.5. The molecule has 1 aromatic heterocycles. The van der Waals surface area contributed by atoms with Gasteiger partial charge in [-0.05, 0) is 35.9 Å². The van der Waals surface area contributed by atoms with E-state index in [0.717, 1.165) is 49.3 Å². The van der Waals surface area contributed by atoms with Crippen molar-refractivity contribution in [3.8, 4) is 11.3 Å². The number of hydrogen-bond donors (Lipinski definition) is 2. The molecule has 4 aromatic rings. The lowest BCUT2D eigenvalue weighted by atomic mass is 10.1. The van der Waals surface area contributed by atoms with Gasteiger partial charge in [0.15, 0.2) is 0 Å². The summed E-state index contributed by atoms with van der Waals surface area (Å²) in [6.07, 6.45) is 0. The highest BCUT2D eigenvalue weighted by atomic mass is 16.6. The molecule has 0 saturated carbocycles. The first-order chi connectivity index (χ1) is 16.6. The third-order valence-corrected chi connectivity index (χ3v) is 5.96. The van der Waals surface area contributed by atoms with E-state index in [-0.39, 0.29) is 11.3 Å². The number of benzene rings is 3. The Hall–Kier alpha value is -4.01. The highest BCUT2D eigenvalue weighted by Crippen LogP contribution is 2.33. The maximum atomic E-state index is 12.8. The normalized spacial score (nSPS) is 14.2. The number of anilines is 1. The number of nitro groups is 1. The van der Waals surface area contributed by atoms with Crippen LogP contribution in [0.15, 0.2) is 77.2 Å². The minimum atomic E-state index is -0.518. The van der Waals surface area contributed by atoms with Crippen LogP contribution in [0.4, 0.5) is 11.4 Å². The van der Waals surface area contributed by atoms with E-state index in [1.807, 2.05) is 24.3 Å². The standard InChI is InChI=1S/C26H24N4O4/c31-26(20-4-3-5-21(15-20)30(32)33)28-23-7-2-1-6-22(23)25-16-19-9-8-18(14-24(19)34-25)17-29-12-10-27-11-13-29/h1-9,14-16,27H,10-13,17H2,(H,28,31). The minimum Gasteiger partial charge on any atom is -0.456 e. The third kappa shape index (κ3) is 4.68. The Morgan fingerprint density at radius 1 is 1.03 bits per heavy atom. The van der Waals surface area contributed by atoms with Crippen molar-refractivity contribution in [3.05, 3.63) is 94.0 Å². The molecular formula is C26H24N4O4. The van der Waals surface area contributed by atoms with Crippen LogP contribution in [0.3, 0.4) is 0 Å². The smallest absolute Gasteiger partial charge is 0.270 e. The number of hydrogen-bond acceptors (Lipinski definition) is 6. The molecule has 5 rings (SSSR count). The zero-order chi connectivity index (χ0) is 23.5. The van der Waals surface area contributed by atoms with Gasteiger partial charge >= 0.3 is 0 Å². The maximum absolute atomic E-state index is 12.8. The molecule has 1 amide bonds. The van der Waals surface area contributed by atoms with Crippen LogP contribution in [0.25, 0.3) is 22.3 Å². The number of carbonyl (C=O) groups excluding carboxylic acids is 1. The van der Waals surface area contributed by atoms with Crippen LogP contribution >= 0.6 is 0 Å². The topological polar surface area (TPSA) is 101 Å². The first kappa shape index (κ1) is 21.8. The number of amides is 1. The Bertz CT molecular complexity index is 1360. The Morgan fingerprint density at radius 2 is 1.85 bits per heavy atom. The van der Waals surface area contributed by atoms with Gasteiger partial charge in [-0.15, -0.1) is 0 Å². The molecule has 1 fully saturated rings. The summed E-state index contributed by atoms with van der Waals surface area (Å²) >= 11 is 0. The van der Waals surface area contributed by atoms with Gasteiger partial charge in [0.2, 0.25) is 0 Å². The van der Waals surface area contributed by atoms with Crippen molar-refractivity contribution in [1.29, 1.82) is 0 Å². The molecule has 2 heterocycles. The number of nitrogens with zero attached hydrogens (tertiary/aromatic N) is 2. The number of rotatable bonds is 6. The molecule has 34 heavy (non-hydrogen) atoms. The number of para-hydroxylation sites is 1. The van der Waals surface area contributed by atoms with Crippen molar-refractivity contribution >= 4 is 28.3 Å². The number of furan rings is 1. The molecule has 0 radical (unpaired) electrons. The second-order valence-corrected chi connectivity index (χ2v) is 8.32. The van der Waals surface area contributed by atoms with E-state index in [0.29, 0.717) is 11.4 Å². The summed E-state index contributed by atoms with van der Waals surface area (Å²) in [6.45, 7) is 4.94. The van der Waals surface area contributed by atoms with Gasteiger partial charge in [0, 0.05) is 61.4 Å². The molecule has 1 aliphatic heterocycles. The highest BCUT2D eigenvalue weighted by Gasteiger charge is 2.16. The van der Waals surface area contributed by atoms with Crippen LogP contribution in [0.1, 0.15) is 15.9 Å². The summed E-state index contributed by atoms with van der Waals surface area (Å²) in [5.74, 6) is 0.217. The molecule has 0 bridgehead atoms. The van der Waals surface area contributed by atoms with Crippen molar-refractivity contribution in [3.63, 3.8) is 0 Å². The quantitative estimate of drug-likeness (QED) is 0.323. The van der Waals surface area contributed by atoms with Gasteiger partial charge in [-0.25, -0.2) is 0 Å². The molecule has 8 heteroatoms. The zero-order valence-corrected chi connectivity index (χ0v) is 18.5. The van der Waals surface area contributed by atoms with Crippen molar-refractivity contribution in [2.45, 2.75) is 6.54 Å². The lowest BCUT2D eigenvalue weighted by Crippen LogP contribution is -2.42. The first-order valence-corrected chi connectivity index (χ1v) is 11.2. The molecule has 0 aliphatic carbocycles.